The molecule has 1 aliphatic heterocycles. The van der Waals surface area contributed by atoms with Crippen molar-refractivity contribution in [3.63, 3.8) is 0 Å². The second-order valence-corrected chi connectivity index (χ2v) is 5.07. The van der Waals surface area contributed by atoms with E-state index in [9.17, 15) is 24.9 Å². The minimum absolute atomic E-state index is 0.165. The number of nitrogens with one attached hydrogen (secondary N) is 2. The van der Waals surface area contributed by atoms with Gasteiger partial charge in [0.1, 0.15) is 18.3 Å². The second kappa shape index (κ2) is 7.39. The van der Waals surface area contributed by atoms with E-state index in [1.54, 1.807) is 6.92 Å². The van der Waals surface area contributed by atoms with Crippen LogP contribution in [0.15, 0.2) is 11.8 Å². The van der Waals surface area contributed by atoms with Crippen LogP contribution in [0.3, 0.4) is 0 Å². The fourth-order valence-corrected chi connectivity index (χ4v) is 2.14. The highest BCUT2D eigenvalue weighted by Gasteiger charge is 2.41. The third-order valence-electron chi connectivity index (χ3n) is 3.11. The summed E-state index contributed by atoms with van der Waals surface area (Å²) in [6.45, 7) is 3.98. The molecule has 8 heteroatoms. The molecule has 8 nitrogen and oxygen atoms in total. The van der Waals surface area contributed by atoms with Gasteiger partial charge in [-0.25, -0.2) is 0 Å². The van der Waals surface area contributed by atoms with Gasteiger partial charge in [0.25, 0.3) is 0 Å². The fourth-order valence-electron chi connectivity index (χ4n) is 2.14. The average Bonchev–Trinajstić information content (AvgIpc) is 2.37. The SMILES string of the molecule is CC(=O)NC[C@@H](O)[C@@H](O)C1OC(C)=CC(O)[C@H]1NC(C)=O. The molecule has 0 aromatic rings. The lowest BCUT2D eigenvalue weighted by molar-refractivity contribution is -0.129. The van der Waals surface area contributed by atoms with Gasteiger partial charge in [0, 0.05) is 20.4 Å². The van der Waals surface area contributed by atoms with Crippen LogP contribution < -0.4 is 10.6 Å². The number of ether oxygens (including phenoxy) is 1. The molecule has 0 aromatic heterocycles. The number of carbonyl (C=O) groups excluding carboxylic acids is 2. The van der Waals surface area contributed by atoms with Crippen molar-refractivity contribution in [2.45, 2.75) is 51.2 Å². The zero-order valence-corrected chi connectivity index (χ0v) is 12.2. The molecule has 0 saturated carbocycles. The summed E-state index contributed by atoms with van der Waals surface area (Å²) in [4.78, 5) is 22.0. The highest BCUT2D eigenvalue weighted by Crippen LogP contribution is 2.22. The van der Waals surface area contributed by atoms with E-state index in [-0.39, 0.29) is 12.5 Å². The number of amides is 2. The van der Waals surface area contributed by atoms with Gasteiger partial charge in [0.2, 0.25) is 11.8 Å². The molecule has 0 aliphatic carbocycles. The largest absolute Gasteiger partial charge is 0.490 e. The number of hydrogen-bond acceptors (Lipinski definition) is 6. The van der Waals surface area contributed by atoms with E-state index in [4.69, 9.17) is 4.74 Å². The van der Waals surface area contributed by atoms with Gasteiger partial charge >= 0.3 is 0 Å². The maximum absolute atomic E-state index is 11.2. The molecular formula is C13H22N2O6. The topological polar surface area (TPSA) is 128 Å². The van der Waals surface area contributed by atoms with Gasteiger partial charge in [0.15, 0.2) is 0 Å². The Bertz CT molecular complexity index is 425. The van der Waals surface area contributed by atoms with Crippen molar-refractivity contribution >= 4 is 11.8 Å². The van der Waals surface area contributed by atoms with Gasteiger partial charge in [-0.3, -0.25) is 9.59 Å². The monoisotopic (exact) mass is 302 g/mol. The van der Waals surface area contributed by atoms with E-state index in [0.717, 1.165) is 0 Å². The van der Waals surface area contributed by atoms with Crippen molar-refractivity contribution in [1.29, 1.82) is 0 Å². The summed E-state index contributed by atoms with van der Waals surface area (Å²) in [7, 11) is 0. The molecule has 5 N–H and O–H groups in total. The van der Waals surface area contributed by atoms with Crippen molar-refractivity contribution in [2.24, 2.45) is 0 Å². The first-order chi connectivity index (χ1) is 9.72. The van der Waals surface area contributed by atoms with Crippen LogP contribution in [0.25, 0.3) is 0 Å². The second-order valence-electron chi connectivity index (χ2n) is 5.07. The molecule has 0 aromatic carbocycles. The van der Waals surface area contributed by atoms with Gasteiger partial charge in [0.05, 0.1) is 17.9 Å². The van der Waals surface area contributed by atoms with Crippen LogP contribution >= 0.6 is 0 Å². The van der Waals surface area contributed by atoms with E-state index in [1.165, 1.54) is 19.9 Å². The van der Waals surface area contributed by atoms with E-state index in [2.05, 4.69) is 10.6 Å². The number of aliphatic hydroxyl groups is 3. The van der Waals surface area contributed by atoms with Crippen molar-refractivity contribution in [1.82, 2.24) is 10.6 Å². The van der Waals surface area contributed by atoms with Gasteiger partial charge in [-0.2, -0.15) is 0 Å². The molecule has 1 rings (SSSR count). The van der Waals surface area contributed by atoms with Crippen molar-refractivity contribution in [3.05, 3.63) is 11.8 Å². The van der Waals surface area contributed by atoms with Crippen LogP contribution in [0.4, 0.5) is 0 Å². The third-order valence-corrected chi connectivity index (χ3v) is 3.11. The van der Waals surface area contributed by atoms with Crippen LogP contribution in [0.5, 0.6) is 0 Å². The zero-order chi connectivity index (χ0) is 16.2. The Labute approximate surface area is 122 Å². The molecule has 0 bridgehead atoms. The Hall–Kier alpha value is -1.64. The quantitative estimate of drug-likeness (QED) is 0.400. The van der Waals surface area contributed by atoms with Gasteiger partial charge in [-0.1, -0.05) is 0 Å². The first-order valence-corrected chi connectivity index (χ1v) is 6.63. The summed E-state index contributed by atoms with van der Waals surface area (Å²) in [5.41, 5.74) is 0. The van der Waals surface area contributed by atoms with E-state index in [1.807, 2.05) is 0 Å². The zero-order valence-electron chi connectivity index (χ0n) is 12.2. The minimum atomic E-state index is -1.40. The van der Waals surface area contributed by atoms with Gasteiger partial charge in [-0.05, 0) is 13.0 Å². The molecular weight excluding hydrogens is 280 g/mol. The number of aliphatic hydroxyl groups excluding tert-OH is 3. The Morgan fingerprint density at radius 2 is 1.95 bits per heavy atom. The van der Waals surface area contributed by atoms with E-state index < -0.39 is 36.4 Å². The van der Waals surface area contributed by atoms with Crippen molar-refractivity contribution in [2.75, 3.05) is 6.54 Å². The van der Waals surface area contributed by atoms with Crippen molar-refractivity contribution in [3.8, 4) is 0 Å². The lowest BCUT2D eigenvalue weighted by Crippen LogP contribution is -2.60. The van der Waals surface area contributed by atoms with Crippen LogP contribution in [0.2, 0.25) is 0 Å². The Morgan fingerprint density at radius 1 is 1.33 bits per heavy atom. The Balaban J connectivity index is 2.81. The summed E-state index contributed by atoms with van der Waals surface area (Å²) in [5, 5.41) is 34.9. The summed E-state index contributed by atoms with van der Waals surface area (Å²) < 4.78 is 5.42. The standard InChI is InChI=1S/C13H22N2O6/c1-6-4-9(18)11(15-8(3)17)13(21-6)12(20)10(19)5-14-7(2)16/h4,9-13,18-20H,5H2,1-3H3,(H,14,16)(H,15,17)/t9?,10-,11-,12-,13?/m1/s1. The molecule has 120 valence electrons. The number of rotatable bonds is 5. The molecule has 1 aliphatic rings. The highest BCUT2D eigenvalue weighted by atomic mass is 16.5. The summed E-state index contributed by atoms with van der Waals surface area (Å²) >= 11 is 0. The summed E-state index contributed by atoms with van der Waals surface area (Å²) in [6, 6.07) is -0.895. The number of allylic oxidation sites excluding steroid dienone is 1. The van der Waals surface area contributed by atoms with Crippen molar-refractivity contribution < 1.29 is 29.6 Å². The smallest absolute Gasteiger partial charge is 0.217 e. The maximum Gasteiger partial charge on any atom is 0.217 e. The maximum atomic E-state index is 11.2. The normalized spacial score (nSPS) is 27.9. The molecule has 0 fully saturated rings. The van der Waals surface area contributed by atoms with Crippen LogP contribution in [-0.4, -0.2) is 64.1 Å². The molecule has 21 heavy (non-hydrogen) atoms. The number of carbonyl (C=O) groups is 2. The minimum Gasteiger partial charge on any atom is -0.490 e. The van der Waals surface area contributed by atoms with Gasteiger partial charge < -0.3 is 30.7 Å². The lowest BCUT2D eigenvalue weighted by Gasteiger charge is -2.38. The van der Waals surface area contributed by atoms with Crippen LogP contribution in [0, 0.1) is 0 Å². The van der Waals surface area contributed by atoms with Crippen LogP contribution in [-0.2, 0) is 14.3 Å². The summed E-state index contributed by atoms with van der Waals surface area (Å²) in [6.07, 6.45) is -3.36. The predicted molar refractivity (Wildman–Crippen MR) is 72.9 cm³/mol. The Kier molecular flexibility index (Phi) is 6.13. The highest BCUT2D eigenvalue weighted by molar-refractivity contribution is 5.73. The molecule has 0 radical (unpaired) electrons. The van der Waals surface area contributed by atoms with E-state index >= 15 is 0 Å². The predicted octanol–water partition coefficient (Wildman–Crippen LogP) is -1.99. The molecule has 5 atom stereocenters. The number of hydrogen-bond donors (Lipinski definition) is 5. The van der Waals surface area contributed by atoms with Gasteiger partial charge in [-0.15, -0.1) is 0 Å². The van der Waals surface area contributed by atoms with E-state index in [0.29, 0.717) is 5.76 Å². The molecule has 2 unspecified atom stereocenters. The first kappa shape index (κ1) is 17.4. The Morgan fingerprint density at radius 3 is 2.48 bits per heavy atom. The van der Waals surface area contributed by atoms with Crippen LogP contribution in [0.1, 0.15) is 20.8 Å². The molecule has 0 spiro atoms. The summed E-state index contributed by atoms with van der Waals surface area (Å²) in [5.74, 6) is -0.371. The lowest BCUT2D eigenvalue weighted by atomic mass is 9.93. The average molecular weight is 302 g/mol. The molecule has 0 saturated heterocycles. The fraction of sp³-hybridized carbons (Fsp3) is 0.692. The first-order valence-electron chi connectivity index (χ1n) is 6.63. The molecule has 1 heterocycles. The molecule has 2 amide bonds. The third kappa shape index (κ3) is 5.00.